The molecule has 25 heavy (non-hydrogen) atoms. The molecule has 1 heterocycles. The zero-order chi connectivity index (χ0) is 16.8. The maximum absolute atomic E-state index is 5.93. The Kier molecular flexibility index (Phi) is 7.27. The van der Waals surface area contributed by atoms with E-state index in [4.69, 9.17) is 10.5 Å². The number of halogens is 1. The zero-order valence-electron chi connectivity index (χ0n) is 13.8. The smallest absolute Gasteiger partial charge is 0.193 e. The average molecular weight is 465 g/mol. The molecule has 4 nitrogen and oxygen atoms in total. The predicted octanol–water partition coefficient (Wildman–Crippen LogP) is 4.97. The minimum atomic E-state index is 0. The molecule has 3 aromatic rings. The van der Waals surface area contributed by atoms with Crippen molar-refractivity contribution in [2.75, 3.05) is 12.4 Å². The van der Waals surface area contributed by atoms with Crippen LogP contribution < -0.4 is 15.8 Å². The van der Waals surface area contributed by atoms with Crippen LogP contribution in [0.4, 0.5) is 5.69 Å². The Bertz CT molecular complexity index is 816. The fourth-order valence-corrected chi connectivity index (χ4v) is 3.18. The van der Waals surface area contributed by atoms with Crippen molar-refractivity contribution in [1.29, 1.82) is 0 Å². The standard InChI is InChI=1S/C19H19N3OS.HI/c1-23-16-9-7-14(8-10-16)18-12-11-17(24-18)13-21-19(20)22-15-5-3-2-4-6-15;/h2-12H,13H2,1H3,(H3,20,21,22);1H. The number of nitrogens with zero attached hydrogens (tertiary/aromatic N) is 1. The second-order valence-corrected chi connectivity index (χ2v) is 6.36. The quantitative estimate of drug-likeness (QED) is 0.318. The summed E-state index contributed by atoms with van der Waals surface area (Å²) < 4.78 is 5.19. The van der Waals surface area contributed by atoms with E-state index in [0.29, 0.717) is 12.5 Å². The lowest BCUT2D eigenvalue weighted by Gasteiger charge is -2.04. The van der Waals surface area contributed by atoms with Crippen molar-refractivity contribution >= 4 is 47.0 Å². The Morgan fingerprint density at radius 2 is 1.76 bits per heavy atom. The van der Waals surface area contributed by atoms with Gasteiger partial charge in [0.1, 0.15) is 5.75 Å². The first-order valence-electron chi connectivity index (χ1n) is 7.60. The Balaban J connectivity index is 0.00000225. The summed E-state index contributed by atoms with van der Waals surface area (Å²) in [7, 11) is 1.67. The number of hydrogen-bond acceptors (Lipinski definition) is 3. The van der Waals surface area contributed by atoms with Crippen LogP contribution in [0, 0.1) is 0 Å². The van der Waals surface area contributed by atoms with Gasteiger partial charge in [-0.3, -0.25) is 0 Å². The van der Waals surface area contributed by atoms with E-state index < -0.39 is 0 Å². The van der Waals surface area contributed by atoms with Crippen molar-refractivity contribution < 1.29 is 4.74 Å². The number of nitrogens with two attached hydrogens (primary N) is 1. The van der Waals surface area contributed by atoms with Gasteiger partial charge in [-0.1, -0.05) is 18.2 Å². The second kappa shape index (κ2) is 9.43. The summed E-state index contributed by atoms with van der Waals surface area (Å²) in [6.45, 7) is 0.562. The molecule has 0 aliphatic rings. The van der Waals surface area contributed by atoms with E-state index in [0.717, 1.165) is 11.4 Å². The molecular formula is C19H20IN3OS. The number of guanidine groups is 1. The summed E-state index contributed by atoms with van der Waals surface area (Å²) in [5.74, 6) is 1.28. The molecule has 0 saturated carbocycles. The highest BCUT2D eigenvalue weighted by atomic mass is 127. The van der Waals surface area contributed by atoms with Gasteiger partial charge in [0.15, 0.2) is 5.96 Å². The molecule has 1 aromatic heterocycles. The van der Waals surface area contributed by atoms with Gasteiger partial charge in [0.05, 0.1) is 13.7 Å². The minimum Gasteiger partial charge on any atom is -0.497 e. The van der Waals surface area contributed by atoms with E-state index in [1.54, 1.807) is 18.4 Å². The first kappa shape index (κ1) is 19.3. The van der Waals surface area contributed by atoms with Crippen molar-refractivity contribution in [1.82, 2.24) is 0 Å². The molecule has 0 aliphatic heterocycles. The largest absolute Gasteiger partial charge is 0.497 e. The van der Waals surface area contributed by atoms with Gasteiger partial charge >= 0.3 is 0 Å². The third-order valence-corrected chi connectivity index (χ3v) is 4.61. The number of benzene rings is 2. The van der Waals surface area contributed by atoms with Crippen LogP contribution in [0.25, 0.3) is 10.4 Å². The molecular weight excluding hydrogens is 445 g/mol. The van der Waals surface area contributed by atoms with Gasteiger partial charge in [-0.25, -0.2) is 4.99 Å². The van der Waals surface area contributed by atoms with Crippen molar-refractivity contribution in [3.8, 4) is 16.2 Å². The van der Waals surface area contributed by atoms with Crippen molar-refractivity contribution in [2.24, 2.45) is 10.7 Å². The number of nitrogens with one attached hydrogen (secondary N) is 1. The highest BCUT2D eigenvalue weighted by Crippen LogP contribution is 2.29. The SMILES string of the molecule is COc1ccc(-c2ccc(CN=C(N)Nc3ccccc3)s2)cc1.I. The summed E-state index contributed by atoms with van der Waals surface area (Å²) in [5.41, 5.74) is 8.04. The molecule has 0 fully saturated rings. The van der Waals surface area contributed by atoms with E-state index in [-0.39, 0.29) is 24.0 Å². The number of methoxy groups -OCH3 is 1. The molecule has 0 aliphatic carbocycles. The summed E-state index contributed by atoms with van der Waals surface area (Å²) in [5, 5.41) is 3.08. The molecule has 0 radical (unpaired) electrons. The predicted molar refractivity (Wildman–Crippen MR) is 117 cm³/mol. The lowest BCUT2D eigenvalue weighted by Crippen LogP contribution is -2.22. The Morgan fingerprint density at radius 3 is 2.44 bits per heavy atom. The van der Waals surface area contributed by atoms with Gasteiger partial charge in [0, 0.05) is 15.4 Å². The number of rotatable bonds is 5. The maximum atomic E-state index is 5.93. The maximum Gasteiger partial charge on any atom is 0.193 e. The van der Waals surface area contributed by atoms with Crippen LogP contribution >= 0.6 is 35.3 Å². The van der Waals surface area contributed by atoms with Gasteiger partial charge in [-0.2, -0.15) is 0 Å². The van der Waals surface area contributed by atoms with E-state index in [9.17, 15) is 0 Å². The Labute approximate surface area is 168 Å². The first-order chi connectivity index (χ1) is 11.7. The molecule has 2 aromatic carbocycles. The number of para-hydroxylation sites is 1. The zero-order valence-corrected chi connectivity index (χ0v) is 17.0. The van der Waals surface area contributed by atoms with Crippen LogP contribution in [-0.2, 0) is 6.54 Å². The van der Waals surface area contributed by atoms with Gasteiger partial charge in [-0.05, 0) is 54.1 Å². The highest BCUT2D eigenvalue weighted by molar-refractivity contribution is 14.0. The van der Waals surface area contributed by atoms with Gasteiger partial charge in [-0.15, -0.1) is 35.3 Å². The fourth-order valence-electron chi connectivity index (χ4n) is 2.25. The molecule has 0 bridgehead atoms. The van der Waals surface area contributed by atoms with Crippen LogP contribution in [0.3, 0.4) is 0 Å². The lowest BCUT2D eigenvalue weighted by atomic mass is 10.2. The number of hydrogen-bond donors (Lipinski definition) is 2. The van der Waals surface area contributed by atoms with Crippen molar-refractivity contribution in [2.45, 2.75) is 6.54 Å². The third-order valence-electron chi connectivity index (χ3n) is 3.49. The van der Waals surface area contributed by atoms with Gasteiger partial charge in [0.2, 0.25) is 0 Å². The molecule has 0 saturated heterocycles. The molecule has 6 heteroatoms. The summed E-state index contributed by atoms with van der Waals surface area (Å²) in [6.07, 6.45) is 0. The summed E-state index contributed by atoms with van der Waals surface area (Å²) in [4.78, 5) is 6.77. The molecule has 130 valence electrons. The molecule has 0 amide bonds. The van der Waals surface area contributed by atoms with Crippen LogP contribution in [0.5, 0.6) is 5.75 Å². The first-order valence-corrected chi connectivity index (χ1v) is 8.41. The van der Waals surface area contributed by atoms with Crippen molar-refractivity contribution in [3.05, 3.63) is 71.6 Å². The van der Waals surface area contributed by atoms with Crippen LogP contribution in [0.15, 0.2) is 71.7 Å². The van der Waals surface area contributed by atoms with E-state index in [1.165, 1.54) is 15.3 Å². The lowest BCUT2D eigenvalue weighted by molar-refractivity contribution is 0.415. The van der Waals surface area contributed by atoms with Crippen LogP contribution in [0.1, 0.15) is 4.88 Å². The minimum absolute atomic E-state index is 0. The van der Waals surface area contributed by atoms with Crippen LogP contribution in [-0.4, -0.2) is 13.1 Å². The second-order valence-electron chi connectivity index (χ2n) is 5.19. The van der Waals surface area contributed by atoms with Crippen LogP contribution in [0.2, 0.25) is 0 Å². The third kappa shape index (κ3) is 5.47. The fraction of sp³-hybridized carbons (Fsp3) is 0.105. The molecule has 3 rings (SSSR count). The number of anilines is 1. The topological polar surface area (TPSA) is 59.6 Å². The number of thiophene rings is 1. The van der Waals surface area contributed by atoms with E-state index in [2.05, 4.69) is 34.6 Å². The van der Waals surface area contributed by atoms with E-state index in [1.807, 2.05) is 42.5 Å². The van der Waals surface area contributed by atoms with Gasteiger partial charge in [0.25, 0.3) is 0 Å². The molecule has 0 atom stereocenters. The Hall–Kier alpha value is -2.06. The van der Waals surface area contributed by atoms with Crippen molar-refractivity contribution in [3.63, 3.8) is 0 Å². The average Bonchev–Trinajstić information content (AvgIpc) is 3.10. The summed E-state index contributed by atoms with van der Waals surface area (Å²) >= 11 is 1.72. The highest BCUT2D eigenvalue weighted by Gasteiger charge is 2.03. The Morgan fingerprint density at radius 1 is 1.04 bits per heavy atom. The molecule has 3 N–H and O–H groups in total. The number of aliphatic imine (C=N–C) groups is 1. The monoisotopic (exact) mass is 465 g/mol. The normalized spacial score (nSPS) is 10.8. The summed E-state index contributed by atoms with van der Waals surface area (Å²) in [6, 6.07) is 22.0. The molecule has 0 unspecified atom stereocenters. The van der Waals surface area contributed by atoms with Gasteiger partial charge < -0.3 is 15.8 Å². The van der Waals surface area contributed by atoms with E-state index >= 15 is 0 Å². The number of ether oxygens (including phenoxy) is 1. The molecule has 0 spiro atoms.